The van der Waals surface area contributed by atoms with E-state index in [1.165, 1.54) is 0 Å². The molecule has 20 heavy (non-hydrogen) atoms. The lowest BCUT2D eigenvalue weighted by Gasteiger charge is -2.04. The van der Waals surface area contributed by atoms with Crippen molar-refractivity contribution in [3.8, 4) is 22.5 Å². The number of hydrogen-bond donors (Lipinski definition) is 1. The highest BCUT2D eigenvalue weighted by Crippen LogP contribution is 2.22. The standard InChI is InChI=1S/C16H12ClN3/c17-14-5-1-11(2-6-14)13-9-19-16(20-10-13)12-3-7-15(18)8-4-12/h1-10H,18H2. The second kappa shape index (κ2) is 5.31. The highest BCUT2D eigenvalue weighted by atomic mass is 35.5. The fourth-order valence-corrected chi connectivity index (χ4v) is 2.03. The Morgan fingerprint density at radius 2 is 1.25 bits per heavy atom. The second-order valence-corrected chi connectivity index (χ2v) is 4.86. The van der Waals surface area contributed by atoms with Gasteiger partial charge in [0.25, 0.3) is 0 Å². The molecule has 0 saturated carbocycles. The first-order valence-electron chi connectivity index (χ1n) is 6.16. The quantitative estimate of drug-likeness (QED) is 0.721. The van der Waals surface area contributed by atoms with E-state index in [4.69, 9.17) is 17.3 Å². The van der Waals surface area contributed by atoms with E-state index >= 15 is 0 Å². The molecule has 0 aliphatic rings. The zero-order valence-electron chi connectivity index (χ0n) is 10.6. The van der Waals surface area contributed by atoms with E-state index in [-0.39, 0.29) is 0 Å². The molecular formula is C16H12ClN3. The van der Waals surface area contributed by atoms with Gasteiger partial charge < -0.3 is 5.73 Å². The average Bonchev–Trinajstić information content (AvgIpc) is 2.49. The van der Waals surface area contributed by atoms with Gasteiger partial charge in [0.1, 0.15) is 0 Å². The molecule has 0 bridgehead atoms. The molecule has 0 unspecified atom stereocenters. The van der Waals surface area contributed by atoms with Crippen LogP contribution in [0.3, 0.4) is 0 Å². The van der Waals surface area contributed by atoms with E-state index in [1.807, 2.05) is 60.9 Å². The number of hydrogen-bond acceptors (Lipinski definition) is 3. The third-order valence-corrected chi connectivity index (χ3v) is 3.25. The largest absolute Gasteiger partial charge is 0.399 e. The Morgan fingerprint density at radius 3 is 1.85 bits per heavy atom. The number of rotatable bonds is 2. The molecule has 3 nitrogen and oxygen atoms in total. The molecule has 3 rings (SSSR count). The van der Waals surface area contributed by atoms with Crippen LogP contribution in [-0.4, -0.2) is 9.97 Å². The molecule has 1 heterocycles. The Bertz CT molecular complexity index is 640. The van der Waals surface area contributed by atoms with Crippen molar-refractivity contribution < 1.29 is 0 Å². The van der Waals surface area contributed by atoms with Gasteiger partial charge in [-0.05, 0) is 42.0 Å². The van der Waals surface area contributed by atoms with Crippen molar-refractivity contribution in [1.29, 1.82) is 0 Å². The molecule has 0 aliphatic carbocycles. The SMILES string of the molecule is Nc1ccc(-c2ncc(-c3ccc(Cl)cc3)cn2)cc1. The summed E-state index contributed by atoms with van der Waals surface area (Å²) in [7, 11) is 0. The molecule has 0 saturated heterocycles. The van der Waals surface area contributed by atoms with E-state index in [2.05, 4.69) is 9.97 Å². The summed E-state index contributed by atoms with van der Waals surface area (Å²) in [6.45, 7) is 0. The van der Waals surface area contributed by atoms with Gasteiger partial charge in [-0.1, -0.05) is 23.7 Å². The van der Waals surface area contributed by atoms with Crippen molar-refractivity contribution >= 4 is 17.3 Å². The third-order valence-electron chi connectivity index (χ3n) is 3.00. The van der Waals surface area contributed by atoms with Crippen LogP contribution in [-0.2, 0) is 0 Å². The Labute approximate surface area is 122 Å². The Kier molecular flexibility index (Phi) is 3.35. The van der Waals surface area contributed by atoms with E-state index in [0.29, 0.717) is 10.8 Å². The summed E-state index contributed by atoms with van der Waals surface area (Å²) in [5, 5.41) is 0.716. The minimum Gasteiger partial charge on any atom is -0.399 e. The normalized spacial score (nSPS) is 10.4. The van der Waals surface area contributed by atoms with Crippen LogP contribution < -0.4 is 5.73 Å². The fraction of sp³-hybridized carbons (Fsp3) is 0. The lowest BCUT2D eigenvalue weighted by Crippen LogP contribution is -1.90. The minimum absolute atomic E-state index is 0.683. The van der Waals surface area contributed by atoms with Gasteiger partial charge in [0, 0.05) is 34.2 Å². The van der Waals surface area contributed by atoms with Crippen LogP contribution in [0.25, 0.3) is 22.5 Å². The van der Waals surface area contributed by atoms with Crippen molar-refractivity contribution in [3.63, 3.8) is 0 Å². The highest BCUT2D eigenvalue weighted by Gasteiger charge is 2.03. The van der Waals surface area contributed by atoms with Gasteiger partial charge >= 0.3 is 0 Å². The molecule has 0 amide bonds. The van der Waals surface area contributed by atoms with Crippen molar-refractivity contribution in [3.05, 3.63) is 65.9 Å². The Balaban J connectivity index is 1.91. The zero-order valence-corrected chi connectivity index (χ0v) is 11.4. The monoisotopic (exact) mass is 281 g/mol. The van der Waals surface area contributed by atoms with Crippen LogP contribution in [0.15, 0.2) is 60.9 Å². The highest BCUT2D eigenvalue weighted by molar-refractivity contribution is 6.30. The topological polar surface area (TPSA) is 51.8 Å². The number of nitrogens with zero attached hydrogens (tertiary/aromatic N) is 2. The predicted molar refractivity (Wildman–Crippen MR) is 82.3 cm³/mol. The minimum atomic E-state index is 0.683. The second-order valence-electron chi connectivity index (χ2n) is 4.42. The average molecular weight is 282 g/mol. The molecule has 2 aromatic carbocycles. The summed E-state index contributed by atoms with van der Waals surface area (Å²) >= 11 is 5.88. The van der Waals surface area contributed by atoms with Gasteiger partial charge in [0.15, 0.2) is 5.82 Å². The van der Waals surface area contributed by atoms with Gasteiger partial charge in [-0.2, -0.15) is 0 Å². The molecule has 1 aromatic heterocycles. The van der Waals surface area contributed by atoms with Crippen molar-refractivity contribution in [2.75, 3.05) is 5.73 Å². The van der Waals surface area contributed by atoms with E-state index in [9.17, 15) is 0 Å². The van der Waals surface area contributed by atoms with Crippen molar-refractivity contribution in [2.24, 2.45) is 0 Å². The molecule has 0 radical (unpaired) electrons. The first-order valence-corrected chi connectivity index (χ1v) is 6.54. The molecule has 0 fully saturated rings. The molecule has 4 heteroatoms. The molecule has 3 aromatic rings. The summed E-state index contributed by atoms with van der Waals surface area (Å²) in [6, 6.07) is 15.1. The van der Waals surface area contributed by atoms with Crippen LogP contribution in [0.1, 0.15) is 0 Å². The molecular weight excluding hydrogens is 270 g/mol. The van der Waals surface area contributed by atoms with Crippen LogP contribution in [0.4, 0.5) is 5.69 Å². The fourth-order valence-electron chi connectivity index (χ4n) is 1.90. The number of aromatic nitrogens is 2. The summed E-state index contributed by atoms with van der Waals surface area (Å²) in [5.41, 5.74) is 9.34. The summed E-state index contributed by atoms with van der Waals surface area (Å²) < 4.78 is 0. The number of benzene rings is 2. The van der Waals surface area contributed by atoms with Crippen molar-refractivity contribution in [1.82, 2.24) is 9.97 Å². The van der Waals surface area contributed by atoms with Gasteiger partial charge in [0.2, 0.25) is 0 Å². The Hall–Kier alpha value is -2.39. The maximum Gasteiger partial charge on any atom is 0.159 e. The molecule has 0 spiro atoms. The molecule has 0 aliphatic heterocycles. The van der Waals surface area contributed by atoms with Crippen LogP contribution >= 0.6 is 11.6 Å². The maximum absolute atomic E-state index is 5.88. The smallest absolute Gasteiger partial charge is 0.159 e. The molecule has 2 N–H and O–H groups in total. The third kappa shape index (κ3) is 2.63. The zero-order chi connectivity index (χ0) is 13.9. The first kappa shape index (κ1) is 12.6. The molecule has 98 valence electrons. The number of anilines is 1. The van der Waals surface area contributed by atoms with E-state index < -0.39 is 0 Å². The number of halogens is 1. The first-order chi connectivity index (χ1) is 9.72. The number of nitrogen functional groups attached to an aromatic ring is 1. The van der Waals surface area contributed by atoms with Crippen molar-refractivity contribution in [2.45, 2.75) is 0 Å². The predicted octanol–water partition coefficient (Wildman–Crippen LogP) is 4.05. The van der Waals surface area contributed by atoms with Gasteiger partial charge in [0.05, 0.1) is 0 Å². The lowest BCUT2D eigenvalue weighted by molar-refractivity contribution is 1.18. The summed E-state index contributed by atoms with van der Waals surface area (Å²) in [4.78, 5) is 8.78. The van der Waals surface area contributed by atoms with Gasteiger partial charge in [-0.3, -0.25) is 0 Å². The van der Waals surface area contributed by atoms with E-state index in [1.54, 1.807) is 0 Å². The van der Waals surface area contributed by atoms with Crippen LogP contribution in [0.5, 0.6) is 0 Å². The maximum atomic E-state index is 5.88. The van der Waals surface area contributed by atoms with E-state index in [0.717, 1.165) is 22.4 Å². The van der Waals surface area contributed by atoms with Crippen LogP contribution in [0, 0.1) is 0 Å². The lowest BCUT2D eigenvalue weighted by atomic mass is 10.1. The Morgan fingerprint density at radius 1 is 0.700 bits per heavy atom. The van der Waals surface area contributed by atoms with Gasteiger partial charge in [-0.25, -0.2) is 9.97 Å². The molecule has 0 atom stereocenters. The van der Waals surface area contributed by atoms with Gasteiger partial charge in [-0.15, -0.1) is 0 Å². The summed E-state index contributed by atoms with van der Waals surface area (Å²) in [5.74, 6) is 0.683. The van der Waals surface area contributed by atoms with Crippen LogP contribution in [0.2, 0.25) is 5.02 Å². The summed E-state index contributed by atoms with van der Waals surface area (Å²) in [6.07, 6.45) is 3.61. The number of nitrogens with two attached hydrogens (primary N) is 1.